The van der Waals surface area contributed by atoms with Gasteiger partial charge in [0.15, 0.2) is 5.03 Å². The van der Waals surface area contributed by atoms with Crippen LogP contribution >= 0.6 is 15.9 Å². The van der Waals surface area contributed by atoms with Crippen LogP contribution in [0.15, 0.2) is 40.0 Å². The van der Waals surface area contributed by atoms with Crippen molar-refractivity contribution >= 4 is 31.6 Å². The molecule has 21 heavy (non-hydrogen) atoms. The van der Waals surface area contributed by atoms with Crippen molar-refractivity contribution in [2.45, 2.75) is 30.5 Å². The van der Waals surface area contributed by atoms with Gasteiger partial charge < -0.3 is 5.32 Å². The number of rotatable bonds is 6. The molecule has 3 N–H and O–H groups in total. The maximum atomic E-state index is 12.4. The van der Waals surface area contributed by atoms with E-state index in [0.717, 1.165) is 17.3 Å². The molecular weight excluding hydrogens is 356 g/mol. The molecule has 0 amide bonds. The summed E-state index contributed by atoms with van der Waals surface area (Å²) in [6.07, 6.45) is 3.84. The van der Waals surface area contributed by atoms with E-state index in [0.29, 0.717) is 23.8 Å². The van der Waals surface area contributed by atoms with Gasteiger partial charge in [-0.15, -0.1) is 0 Å². The lowest BCUT2D eigenvalue weighted by Gasteiger charge is -2.09. The Hall–Kier alpha value is -1.38. The van der Waals surface area contributed by atoms with Crippen molar-refractivity contribution in [2.75, 3.05) is 4.72 Å². The summed E-state index contributed by atoms with van der Waals surface area (Å²) in [5.41, 5.74) is 1.14. The van der Waals surface area contributed by atoms with E-state index in [2.05, 4.69) is 36.2 Å². The number of H-pyrrole nitrogens is 1. The molecule has 0 aliphatic heterocycles. The average molecular weight is 371 g/mol. The predicted molar refractivity (Wildman–Crippen MR) is 83.4 cm³/mol. The van der Waals surface area contributed by atoms with Gasteiger partial charge in [-0.05, 0) is 31.0 Å². The Bertz CT molecular complexity index is 740. The van der Waals surface area contributed by atoms with Gasteiger partial charge in [0.25, 0.3) is 10.0 Å². The molecule has 3 rings (SSSR count). The summed E-state index contributed by atoms with van der Waals surface area (Å²) in [5, 5.41) is 9.82. The second kappa shape index (κ2) is 5.78. The molecule has 0 atom stereocenters. The number of aromatic nitrogens is 2. The van der Waals surface area contributed by atoms with Crippen molar-refractivity contribution < 1.29 is 8.42 Å². The first-order valence-corrected chi connectivity index (χ1v) is 8.86. The summed E-state index contributed by atoms with van der Waals surface area (Å²) in [6, 6.07) is 7.51. The molecule has 1 heterocycles. The van der Waals surface area contributed by atoms with Crippen molar-refractivity contribution in [2.24, 2.45) is 0 Å². The van der Waals surface area contributed by atoms with Crippen LogP contribution in [0.4, 0.5) is 5.69 Å². The molecule has 0 bridgehead atoms. The van der Waals surface area contributed by atoms with E-state index in [1.165, 1.54) is 0 Å². The van der Waals surface area contributed by atoms with E-state index >= 15 is 0 Å². The van der Waals surface area contributed by atoms with Crippen LogP contribution in [-0.2, 0) is 16.6 Å². The molecule has 8 heteroatoms. The van der Waals surface area contributed by atoms with Crippen molar-refractivity contribution in [1.29, 1.82) is 0 Å². The van der Waals surface area contributed by atoms with E-state index in [1.807, 2.05) is 6.07 Å². The molecule has 0 unspecified atom stereocenters. The second-order valence-electron chi connectivity index (χ2n) is 5.00. The maximum absolute atomic E-state index is 12.4. The lowest BCUT2D eigenvalue weighted by Crippen LogP contribution is -2.19. The molecular formula is C13H15BrN4O2S. The first kappa shape index (κ1) is 14.6. The normalized spacial score (nSPS) is 15.1. The summed E-state index contributed by atoms with van der Waals surface area (Å²) >= 11 is 3.32. The fourth-order valence-electron chi connectivity index (χ4n) is 1.96. The van der Waals surface area contributed by atoms with Gasteiger partial charge in [0, 0.05) is 28.3 Å². The van der Waals surface area contributed by atoms with Crippen LogP contribution in [0.25, 0.3) is 0 Å². The Labute approximate surface area is 131 Å². The van der Waals surface area contributed by atoms with Gasteiger partial charge in [-0.3, -0.25) is 9.82 Å². The van der Waals surface area contributed by atoms with E-state index < -0.39 is 10.0 Å². The smallest absolute Gasteiger partial charge is 0.279 e. The zero-order valence-corrected chi connectivity index (χ0v) is 13.5. The minimum absolute atomic E-state index is 0.107. The van der Waals surface area contributed by atoms with Crippen molar-refractivity contribution in [3.63, 3.8) is 0 Å². The predicted octanol–water partition coefficient (Wildman–Crippen LogP) is 2.22. The molecule has 1 aromatic carbocycles. The third-order valence-corrected chi connectivity index (χ3v) is 5.07. The highest BCUT2D eigenvalue weighted by Gasteiger charge is 2.24. The van der Waals surface area contributed by atoms with Gasteiger partial charge in [-0.1, -0.05) is 22.0 Å². The molecule has 0 spiro atoms. The highest BCUT2D eigenvalue weighted by Crippen LogP contribution is 2.22. The number of sulfonamides is 1. The molecule has 0 saturated heterocycles. The average Bonchev–Trinajstić information content (AvgIpc) is 3.12. The van der Waals surface area contributed by atoms with Crippen molar-refractivity contribution in [1.82, 2.24) is 15.5 Å². The first-order chi connectivity index (χ1) is 10.0. The number of anilines is 1. The maximum Gasteiger partial charge on any atom is 0.279 e. The minimum atomic E-state index is -3.67. The molecule has 1 aliphatic carbocycles. The highest BCUT2D eigenvalue weighted by atomic mass is 79.9. The van der Waals surface area contributed by atoms with Crippen LogP contribution in [0.2, 0.25) is 0 Å². The first-order valence-electron chi connectivity index (χ1n) is 6.58. The van der Waals surface area contributed by atoms with E-state index in [-0.39, 0.29) is 5.03 Å². The zero-order chi connectivity index (χ0) is 14.9. The quantitative estimate of drug-likeness (QED) is 0.727. The van der Waals surface area contributed by atoms with Crippen molar-refractivity contribution in [3.8, 4) is 0 Å². The Morgan fingerprint density at radius 2 is 2.19 bits per heavy atom. The molecule has 0 radical (unpaired) electrons. The van der Waals surface area contributed by atoms with Crippen molar-refractivity contribution in [3.05, 3.63) is 40.5 Å². The SMILES string of the molecule is O=S(=O)(Nc1cccc(Br)c1)c1[nH]ncc1CNC1CC1. The van der Waals surface area contributed by atoms with E-state index in [4.69, 9.17) is 0 Å². The summed E-state index contributed by atoms with van der Waals surface area (Å²) < 4.78 is 28.2. The van der Waals surface area contributed by atoms with Gasteiger partial charge in [0.1, 0.15) is 0 Å². The van der Waals surface area contributed by atoms with Crippen LogP contribution in [0.5, 0.6) is 0 Å². The zero-order valence-electron chi connectivity index (χ0n) is 11.1. The fraction of sp³-hybridized carbons (Fsp3) is 0.308. The molecule has 6 nitrogen and oxygen atoms in total. The van der Waals surface area contributed by atoms with Gasteiger partial charge in [0.05, 0.1) is 6.20 Å². The Balaban J connectivity index is 1.79. The highest BCUT2D eigenvalue weighted by molar-refractivity contribution is 9.10. The van der Waals surface area contributed by atoms with Crippen LogP contribution in [0.3, 0.4) is 0 Å². The third-order valence-electron chi connectivity index (χ3n) is 3.18. The van der Waals surface area contributed by atoms with Gasteiger partial charge >= 0.3 is 0 Å². The van der Waals surface area contributed by atoms with E-state index in [9.17, 15) is 8.42 Å². The number of nitrogens with one attached hydrogen (secondary N) is 3. The van der Waals surface area contributed by atoms with Gasteiger partial charge in [-0.25, -0.2) is 0 Å². The van der Waals surface area contributed by atoms with Crippen LogP contribution in [0, 0.1) is 0 Å². The number of hydrogen-bond donors (Lipinski definition) is 3. The molecule has 1 aliphatic rings. The van der Waals surface area contributed by atoms with Crippen LogP contribution in [-0.4, -0.2) is 24.7 Å². The van der Waals surface area contributed by atoms with Gasteiger partial charge in [0.2, 0.25) is 0 Å². The number of benzene rings is 1. The summed E-state index contributed by atoms with van der Waals surface area (Å²) in [6.45, 7) is 0.496. The van der Waals surface area contributed by atoms with Crippen LogP contribution < -0.4 is 10.0 Å². The molecule has 112 valence electrons. The second-order valence-corrected chi connectivity index (χ2v) is 7.53. The number of nitrogens with zero attached hydrogens (tertiary/aromatic N) is 1. The molecule has 2 aromatic rings. The number of aromatic amines is 1. The standard InChI is InChI=1S/C13H15BrN4O2S/c14-10-2-1-3-12(6-10)18-21(19,20)13-9(8-16-17-13)7-15-11-4-5-11/h1-3,6,8,11,15,18H,4-5,7H2,(H,16,17). The molecule has 1 saturated carbocycles. The summed E-state index contributed by atoms with van der Waals surface area (Å²) in [7, 11) is -3.67. The summed E-state index contributed by atoms with van der Waals surface area (Å²) in [4.78, 5) is 0. The lowest BCUT2D eigenvalue weighted by molar-refractivity contribution is 0.593. The Morgan fingerprint density at radius 1 is 1.38 bits per heavy atom. The molecule has 1 aromatic heterocycles. The van der Waals surface area contributed by atoms with Crippen LogP contribution in [0.1, 0.15) is 18.4 Å². The van der Waals surface area contributed by atoms with Gasteiger partial charge in [-0.2, -0.15) is 13.5 Å². The minimum Gasteiger partial charge on any atom is -0.310 e. The Kier molecular flexibility index (Phi) is 4.01. The van der Waals surface area contributed by atoms with E-state index in [1.54, 1.807) is 24.4 Å². The number of hydrogen-bond acceptors (Lipinski definition) is 4. The topological polar surface area (TPSA) is 86.9 Å². The third kappa shape index (κ3) is 3.63. The fourth-order valence-corrected chi connectivity index (χ4v) is 3.54. The largest absolute Gasteiger partial charge is 0.310 e. The summed E-state index contributed by atoms with van der Waals surface area (Å²) in [5.74, 6) is 0. The Morgan fingerprint density at radius 3 is 2.90 bits per heavy atom. The monoisotopic (exact) mass is 370 g/mol. The number of halogens is 1. The lowest BCUT2D eigenvalue weighted by atomic mass is 10.3. The molecule has 1 fully saturated rings.